The first-order valence-corrected chi connectivity index (χ1v) is 7.92. The summed E-state index contributed by atoms with van der Waals surface area (Å²) >= 11 is 0. The van der Waals surface area contributed by atoms with Gasteiger partial charge in [0.05, 0.1) is 13.2 Å². The molecule has 1 N–H and O–H groups in total. The van der Waals surface area contributed by atoms with E-state index >= 15 is 0 Å². The van der Waals surface area contributed by atoms with Gasteiger partial charge in [0.25, 0.3) is 0 Å². The van der Waals surface area contributed by atoms with E-state index in [4.69, 9.17) is 4.74 Å². The van der Waals surface area contributed by atoms with Gasteiger partial charge in [0.15, 0.2) is 0 Å². The zero-order valence-electron chi connectivity index (χ0n) is 13.8. The van der Waals surface area contributed by atoms with E-state index in [0.29, 0.717) is 12.1 Å². The minimum atomic E-state index is 0.300. The summed E-state index contributed by atoms with van der Waals surface area (Å²) in [4.78, 5) is 4.89. The molecule has 0 bridgehead atoms. The van der Waals surface area contributed by atoms with Gasteiger partial charge in [-0.25, -0.2) is 0 Å². The summed E-state index contributed by atoms with van der Waals surface area (Å²) in [5.41, 5.74) is 1.26. The number of hydrogen-bond acceptors (Lipinski definition) is 4. The Morgan fingerprint density at radius 3 is 2.76 bits per heavy atom. The molecule has 0 amide bonds. The molecule has 0 radical (unpaired) electrons. The number of nitrogens with zero attached hydrogens (tertiary/aromatic N) is 2. The van der Waals surface area contributed by atoms with E-state index in [-0.39, 0.29) is 0 Å². The molecule has 2 atom stereocenters. The van der Waals surface area contributed by atoms with Gasteiger partial charge in [-0.05, 0) is 33.1 Å². The molecule has 4 heteroatoms. The number of likely N-dealkylation sites (N-methyl/N-ethyl adjacent to an activating group) is 2. The number of benzene rings is 1. The fraction of sp³-hybridized carbons (Fsp3) is 0.647. The minimum absolute atomic E-state index is 0.300. The third kappa shape index (κ3) is 3.96. The fourth-order valence-corrected chi connectivity index (χ4v) is 3.08. The van der Waals surface area contributed by atoms with Gasteiger partial charge in [-0.15, -0.1) is 0 Å². The Bertz CT molecular complexity index is 438. The molecule has 1 aromatic rings. The summed E-state index contributed by atoms with van der Waals surface area (Å²) in [6.45, 7) is 6.57. The van der Waals surface area contributed by atoms with Crippen LogP contribution in [-0.2, 0) is 0 Å². The molecule has 21 heavy (non-hydrogen) atoms. The first-order chi connectivity index (χ1) is 10.2. The molecule has 1 saturated heterocycles. The Balaban J connectivity index is 2.28. The summed E-state index contributed by atoms with van der Waals surface area (Å²) in [7, 11) is 6.19. The van der Waals surface area contributed by atoms with Crippen LogP contribution in [0.15, 0.2) is 24.3 Å². The SMILES string of the molecule is CCCNC(c1ccccc1OC)C1CN(C)CCN1C. The summed E-state index contributed by atoms with van der Waals surface area (Å²) in [5, 5.41) is 3.73. The molecule has 118 valence electrons. The van der Waals surface area contributed by atoms with Crippen LogP contribution in [-0.4, -0.2) is 63.2 Å². The second-order valence-electron chi connectivity index (χ2n) is 5.98. The van der Waals surface area contributed by atoms with Crippen molar-refractivity contribution in [1.29, 1.82) is 0 Å². The first-order valence-electron chi connectivity index (χ1n) is 7.92. The molecule has 1 aliphatic rings. The summed E-state index contributed by atoms with van der Waals surface area (Å²) in [6, 6.07) is 9.15. The number of piperazine rings is 1. The van der Waals surface area contributed by atoms with Gasteiger partial charge in [0.1, 0.15) is 5.75 Å². The number of rotatable bonds is 6. The number of para-hydroxylation sites is 1. The van der Waals surface area contributed by atoms with Crippen LogP contribution < -0.4 is 10.1 Å². The Hall–Kier alpha value is -1.10. The summed E-state index contributed by atoms with van der Waals surface area (Å²) in [5.74, 6) is 0.979. The second kappa shape index (κ2) is 7.78. The van der Waals surface area contributed by atoms with E-state index < -0.39 is 0 Å². The number of ether oxygens (including phenoxy) is 1. The lowest BCUT2D eigenvalue weighted by molar-refractivity contribution is 0.0869. The Morgan fingerprint density at radius 1 is 1.29 bits per heavy atom. The molecule has 2 rings (SSSR count). The first kappa shape index (κ1) is 16.3. The van der Waals surface area contributed by atoms with Crippen LogP contribution in [0, 0.1) is 0 Å². The highest BCUT2D eigenvalue weighted by Gasteiger charge is 2.31. The predicted molar refractivity (Wildman–Crippen MR) is 87.9 cm³/mol. The van der Waals surface area contributed by atoms with Crippen LogP contribution >= 0.6 is 0 Å². The average molecular weight is 291 g/mol. The molecule has 0 aliphatic carbocycles. The van der Waals surface area contributed by atoms with Crippen molar-refractivity contribution in [2.45, 2.75) is 25.4 Å². The standard InChI is InChI=1S/C17H29N3O/c1-5-10-18-17(14-8-6-7-9-16(14)21-4)15-13-19(2)11-12-20(15)3/h6-9,15,17-18H,5,10-13H2,1-4H3. The van der Waals surface area contributed by atoms with E-state index in [9.17, 15) is 0 Å². The van der Waals surface area contributed by atoms with Crippen molar-refractivity contribution in [2.75, 3.05) is 47.4 Å². The summed E-state index contributed by atoms with van der Waals surface area (Å²) in [6.07, 6.45) is 1.14. The topological polar surface area (TPSA) is 27.7 Å². The predicted octanol–water partition coefficient (Wildman–Crippen LogP) is 1.98. The van der Waals surface area contributed by atoms with Crippen molar-refractivity contribution in [2.24, 2.45) is 0 Å². The zero-order valence-corrected chi connectivity index (χ0v) is 13.8. The van der Waals surface area contributed by atoms with E-state index in [1.165, 1.54) is 5.56 Å². The molecular weight excluding hydrogens is 262 g/mol. The second-order valence-corrected chi connectivity index (χ2v) is 5.98. The Kier molecular flexibility index (Phi) is 6.03. The van der Waals surface area contributed by atoms with E-state index in [2.05, 4.69) is 54.3 Å². The Labute approximate surface area is 129 Å². The maximum absolute atomic E-state index is 5.59. The minimum Gasteiger partial charge on any atom is -0.496 e. The maximum Gasteiger partial charge on any atom is 0.123 e. The number of methoxy groups -OCH3 is 1. The number of nitrogens with one attached hydrogen (secondary N) is 1. The van der Waals surface area contributed by atoms with Gasteiger partial charge in [0, 0.05) is 31.2 Å². The largest absolute Gasteiger partial charge is 0.496 e. The molecule has 4 nitrogen and oxygen atoms in total. The third-order valence-electron chi connectivity index (χ3n) is 4.37. The highest BCUT2D eigenvalue weighted by atomic mass is 16.5. The van der Waals surface area contributed by atoms with Gasteiger partial charge in [-0.2, -0.15) is 0 Å². The van der Waals surface area contributed by atoms with Crippen molar-refractivity contribution >= 4 is 0 Å². The molecule has 0 aromatic heterocycles. The molecular formula is C17H29N3O. The van der Waals surface area contributed by atoms with Crippen molar-refractivity contribution in [3.63, 3.8) is 0 Å². The van der Waals surface area contributed by atoms with Crippen LogP contribution in [0.4, 0.5) is 0 Å². The summed E-state index contributed by atoms with van der Waals surface area (Å²) < 4.78 is 5.59. The van der Waals surface area contributed by atoms with E-state index in [1.807, 2.05) is 6.07 Å². The van der Waals surface area contributed by atoms with E-state index in [1.54, 1.807) is 7.11 Å². The van der Waals surface area contributed by atoms with Crippen LogP contribution in [0.5, 0.6) is 5.75 Å². The van der Waals surface area contributed by atoms with Crippen molar-refractivity contribution < 1.29 is 4.74 Å². The van der Waals surface area contributed by atoms with Gasteiger partial charge in [0.2, 0.25) is 0 Å². The quantitative estimate of drug-likeness (QED) is 0.867. The molecule has 0 saturated carbocycles. The van der Waals surface area contributed by atoms with Gasteiger partial charge in [-0.1, -0.05) is 25.1 Å². The smallest absolute Gasteiger partial charge is 0.123 e. The molecule has 1 fully saturated rings. The number of hydrogen-bond donors (Lipinski definition) is 1. The van der Waals surface area contributed by atoms with Gasteiger partial charge < -0.3 is 15.0 Å². The van der Waals surface area contributed by atoms with Crippen molar-refractivity contribution in [1.82, 2.24) is 15.1 Å². The van der Waals surface area contributed by atoms with Gasteiger partial charge >= 0.3 is 0 Å². The monoisotopic (exact) mass is 291 g/mol. The Morgan fingerprint density at radius 2 is 2.05 bits per heavy atom. The molecule has 1 heterocycles. The van der Waals surface area contributed by atoms with Crippen molar-refractivity contribution in [3.05, 3.63) is 29.8 Å². The van der Waals surface area contributed by atoms with E-state index in [0.717, 1.165) is 38.3 Å². The van der Waals surface area contributed by atoms with Crippen LogP contribution in [0.1, 0.15) is 24.9 Å². The highest BCUT2D eigenvalue weighted by molar-refractivity contribution is 5.37. The lowest BCUT2D eigenvalue weighted by atomic mass is 9.95. The van der Waals surface area contributed by atoms with Crippen LogP contribution in [0.2, 0.25) is 0 Å². The molecule has 2 unspecified atom stereocenters. The lowest BCUT2D eigenvalue weighted by Gasteiger charge is -2.42. The molecule has 1 aromatic carbocycles. The van der Waals surface area contributed by atoms with Crippen molar-refractivity contribution in [3.8, 4) is 5.75 Å². The maximum atomic E-state index is 5.59. The van der Waals surface area contributed by atoms with Crippen LogP contribution in [0.3, 0.4) is 0 Å². The third-order valence-corrected chi connectivity index (χ3v) is 4.37. The molecule has 1 aliphatic heterocycles. The lowest BCUT2D eigenvalue weighted by Crippen LogP contribution is -2.55. The highest BCUT2D eigenvalue weighted by Crippen LogP contribution is 2.30. The average Bonchev–Trinajstić information content (AvgIpc) is 2.51. The fourth-order valence-electron chi connectivity index (χ4n) is 3.08. The van der Waals surface area contributed by atoms with Crippen LogP contribution in [0.25, 0.3) is 0 Å². The normalized spacial score (nSPS) is 22.2. The molecule has 0 spiro atoms. The zero-order chi connectivity index (χ0) is 15.2. The van der Waals surface area contributed by atoms with Gasteiger partial charge in [-0.3, -0.25) is 4.90 Å².